The van der Waals surface area contributed by atoms with E-state index in [0.717, 1.165) is 5.69 Å². The van der Waals surface area contributed by atoms with E-state index in [1.807, 2.05) is 5.38 Å². The van der Waals surface area contributed by atoms with Gasteiger partial charge in [0, 0.05) is 23.9 Å². The second kappa shape index (κ2) is 7.53. The first-order chi connectivity index (χ1) is 10.2. The molecule has 1 heterocycles. The van der Waals surface area contributed by atoms with Crippen LogP contribution in [0, 0.1) is 17.7 Å². The number of hydrogen-bond donors (Lipinski definition) is 2. The minimum Gasteiger partial charge on any atom is -0.352 e. The highest BCUT2D eigenvalue weighted by molar-refractivity contribution is 7.07. The number of aromatic nitrogens is 1. The molecule has 0 spiro atoms. The number of nitrogens with zero attached hydrogens (tertiary/aromatic N) is 1. The third-order valence-electron chi connectivity index (χ3n) is 2.70. The maximum absolute atomic E-state index is 13.7. The van der Waals surface area contributed by atoms with Gasteiger partial charge in [-0.25, -0.2) is 9.37 Å². The van der Waals surface area contributed by atoms with E-state index in [1.165, 1.54) is 29.5 Å². The molecule has 0 aliphatic carbocycles. The lowest BCUT2D eigenvalue weighted by atomic mass is 10.1. The Bertz CT molecular complexity index is 674. The molecule has 4 nitrogen and oxygen atoms in total. The number of thiazole rings is 1. The zero-order valence-corrected chi connectivity index (χ0v) is 12.0. The normalized spacial score (nSPS) is 9.81. The van der Waals surface area contributed by atoms with E-state index < -0.39 is 11.7 Å². The van der Waals surface area contributed by atoms with E-state index in [9.17, 15) is 9.18 Å². The van der Waals surface area contributed by atoms with Crippen LogP contribution in [0.25, 0.3) is 0 Å². The molecule has 0 aliphatic rings. The van der Waals surface area contributed by atoms with E-state index in [-0.39, 0.29) is 12.1 Å². The fourth-order valence-corrected chi connectivity index (χ4v) is 2.28. The molecule has 6 heteroatoms. The quantitative estimate of drug-likeness (QED) is 0.842. The van der Waals surface area contributed by atoms with Crippen LogP contribution >= 0.6 is 11.3 Å². The Morgan fingerprint density at radius 2 is 2.33 bits per heavy atom. The average Bonchev–Trinajstić information content (AvgIpc) is 2.99. The number of carbonyl (C=O) groups is 1. The van der Waals surface area contributed by atoms with E-state index >= 15 is 0 Å². The van der Waals surface area contributed by atoms with Crippen molar-refractivity contribution in [1.82, 2.24) is 10.3 Å². The summed E-state index contributed by atoms with van der Waals surface area (Å²) < 4.78 is 13.7. The molecule has 0 radical (unpaired) electrons. The van der Waals surface area contributed by atoms with Gasteiger partial charge < -0.3 is 11.1 Å². The summed E-state index contributed by atoms with van der Waals surface area (Å²) in [5.74, 6) is 4.41. The summed E-state index contributed by atoms with van der Waals surface area (Å²) in [5, 5.41) is 4.59. The van der Waals surface area contributed by atoms with Gasteiger partial charge in [0.2, 0.25) is 0 Å². The monoisotopic (exact) mass is 303 g/mol. The van der Waals surface area contributed by atoms with Crippen LogP contribution in [0.4, 0.5) is 4.39 Å². The minimum atomic E-state index is -0.570. The highest BCUT2D eigenvalue weighted by Crippen LogP contribution is 2.10. The zero-order chi connectivity index (χ0) is 15.1. The molecule has 0 saturated heterocycles. The molecule has 0 fully saturated rings. The smallest absolute Gasteiger partial charge is 0.254 e. The van der Waals surface area contributed by atoms with Gasteiger partial charge in [-0.3, -0.25) is 4.79 Å². The van der Waals surface area contributed by atoms with Gasteiger partial charge in [0.05, 0.1) is 23.3 Å². The van der Waals surface area contributed by atoms with Crippen LogP contribution in [0.3, 0.4) is 0 Å². The Labute approximate surface area is 126 Å². The van der Waals surface area contributed by atoms with Gasteiger partial charge in [0.25, 0.3) is 5.91 Å². The van der Waals surface area contributed by atoms with Gasteiger partial charge in [0.1, 0.15) is 5.82 Å². The molecule has 0 bridgehead atoms. The number of nitrogens with two attached hydrogens (primary N) is 1. The van der Waals surface area contributed by atoms with Crippen LogP contribution in [0.5, 0.6) is 0 Å². The fourth-order valence-electron chi connectivity index (χ4n) is 1.69. The standard InChI is InChI=1S/C15H14FN3OS/c16-14-4-3-11(2-1-6-17)8-13(14)15(20)18-7-5-12-9-21-10-19-12/h3-4,8-10H,5-7,17H2,(H,18,20). The number of halogens is 1. The maximum atomic E-state index is 13.7. The summed E-state index contributed by atoms with van der Waals surface area (Å²) in [6, 6.07) is 4.18. The molecule has 2 aromatic rings. The van der Waals surface area contributed by atoms with Crippen LogP contribution in [0.15, 0.2) is 29.1 Å². The lowest BCUT2D eigenvalue weighted by Crippen LogP contribution is -2.26. The van der Waals surface area contributed by atoms with Crippen LogP contribution in [-0.2, 0) is 6.42 Å². The second-order valence-electron chi connectivity index (χ2n) is 4.19. The van der Waals surface area contributed by atoms with Crippen LogP contribution < -0.4 is 11.1 Å². The number of amides is 1. The molecule has 1 aromatic heterocycles. The van der Waals surface area contributed by atoms with E-state index in [2.05, 4.69) is 22.1 Å². The molecule has 108 valence electrons. The zero-order valence-electron chi connectivity index (χ0n) is 11.2. The summed E-state index contributed by atoms with van der Waals surface area (Å²) in [6.07, 6.45) is 0.615. The summed E-state index contributed by atoms with van der Waals surface area (Å²) in [7, 11) is 0. The van der Waals surface area contributed by atoms with Crippen LogP contribution in [-0.4, -0.2) is 24.0 Å². The van der Waals surface area contributed by atoms with Crippen molar-refractivity contribution in [3.05, 3.63) is 51.7 Å². The fraction of sp³-hybridized carbons (Fsp3) is 0.200. The third kappa shape index (κ3) is 4.38. The van der Waals surface area contributed by atoms with Crippen molar-refractivity contribution in [2.24, 2.45) is 5.73 Å². The predicted octanol–water partition coefficient (Wildman–Crippen LogP) is 1.56. The predicted molar refractivity (Wildman–Crippen MR) is 80.5 cm³/mol. The third-order valence-corrected chi connectivity index (χ3v) is 3.33. The minimum absolute atomic E-state index is 0.0166. The van der Waals surface area contributed by atoms with E-state index in [4.69, 9.17) is 5.73 Å². The maximum Gasteiger partial charge on any atom is 0.254 e. The number of nitrogens with one attached hydrogen (secondary N) is 1. The van der Waals surface area contributed by atoms with Crippen LogP contribution in [0.2, 0.25) is 0 Å². The Morgan fingerprint density at radius 1 is 1.48 bits per heavy atom. The van der Waals surface area contributed by atoms with Gasteiger partial charge in [-0.2, -0.15) is 0 Å². The van der Waals surface area contributed by atoms with Gasteiger partial charge in [0.15, 0.2) is 0 Å². The number of rotatable bonds is 4. The summed E-state index contributed by atoms with van der Waals surface area (Å²) in [5.41, 5.74) is 8.47. The van der Waals surface area contributed by atoms with Crippen LogP contribution in [0.1, 0.15) is 21.6 Å². The molecular weight excluding hydrogens is 289 g/mol. The van der Waals surface area contributed by atoms with Crippen molar-refractivity contribution >= 4 is 17.2 Å². The van der Waals surface area contributed by atoms with Gasteiger partial charge in [-0.1, -0.05) is 11.8 Å². The largest absolute Gasteiger partial charge is 0.352 e. The van der Waals surface area contributed by atoms with Crippen molar-refractivity contribution in [2.75, 3.05) is 13.1 Å². The molecule has 0 saturated carbocycles. The SMILES string of the molecule is NCC#Cc1ccc(F)c(C(=O)NCCc2cscn2)c1. The van der Waals surface area contributed by atoms with Crippen molar-refractivity contribution in [1.29, 1.82) is 0 Å². The molecular formula is C15H14FN3OS. The van der Waals surface area contributed by atoms with Gasteiger partial charge >= 0.3 is 0 Å². The van der Waals surface area contributed by atoms with Crippen molar-refractivity contribution in [3.8, 4) is 11.8 Å². The van der Waals surface area contributed by atoms with Crippen molar-refractivity contribution in [2.45, 2.75) is 6.42 Å². The first-order valence-electron chi connectivity index (χ1n) is 6.34. The molecule has 0 atom stereocenters. The number of carbonyl (C=O) groups excluding carboxylic acids is 1. The molecule has 2 rings (SSSR count). The van der Waals surface area contributed by atoms with E-state index in [1.54, 1.807) is 5.51 Å². The van der Waals surface area contributed by atoms with Gasteiger partial charge in [-0.05, 0) is 18.2 Å². The Morgan fingerprint density at radius 3 is 3.05 bits per heavy atom. The Kier molecular flexibility index (Phi) is 5.43. The average molecular weight is 303 g/mol. The molecule has 1 aromatic carbocycles. The second-order valence-corrected chi connectivity index (χ2v) is 4.90. The molecule has 1 amide bonds. The van der Waals surface area contributed by atoms with E-state index in [0.29, 0.717) is 18.5 Å². The Balaban J connectivity index is 2.00. The lowest BCUT2D eigenvalue weighted by molar-refractivity contribution is 0.0950. The molecule has 3 N–H and O–H groups in total. The van der Waals surface area contributed by atoms with Crippen molar-refractivity contribution < 1.29 is 9.18 Å². The van der Waals surface area contributed by atoms with Crippen molar-refractivity contribution in [3.63, 3.8) is 0 Å². The first kappa shape index (κ1) is 15.2. The first-order valence-corrected chi connectivity index (χ1v) is 7.28. The Hall–Kier alpha value is -2.23. The highest BCUT2D eigenvalue weighted by atomic mass is 32.1. The molecule has 0 unspecified atom stereocenters. The lowest BCUT2D eigenvalue weighted by Gasteiger charge is -2.06. The summed E-state index contributed by atoms with van der Waals surface area (Å²) in [6.45, 7) is 0.618. The highest BCUT2D eigenvalue weighted by Gasteiger charge is 2.11. The summed E-state index contributed by atoms with van der Waals surface area (Å²) >= 11 is 1.50. The number of hydrogen-bond acceptors (Lipinski definition) is 4. The topological polar surface area (TPSA) is 68.0 Å². The molecule has 21 heavy (non-hydrogen) atoms. The number of benzene rings is 1. The van der Waals surface area contributed by atoms with Gasteiger partial charge in [-0.15, -0.1) is 11.3 Å². The summed E-state index contributed by atoms with van der Waals surface area (Å²) in [4.78, 5) is 16.1. The molecule has 0 aliphatic heterocycles.